The highest BCUT2D eigenvalue weighted by molar-refractivity contribution is 7.10. The van der Waals surface area contributed by atoms with Gasteiger partial charge in [0.1, 0.15) is 5.75 Å². The first-order chi connectivity index (χ1) is 14.6. The Labute approximate surface area is 184 Å². The first-order valence-electron chi connectivity index (χ1n) is 10.6. The summed E-state index contributed by atoms with van der Waals surface area (Å²) in [4.78, 5) is 10.6. The van der Waals surface area contributed by atoms with E-state index >= 15 is 0 Å². The number of rotatable bonds is 9. The summed E-state index contributed by atoms with van der Waals surface area (Å²) < 4.78 is 5.46. The molecule has 1 aliphatic rings. The van der Waals surface area contributed by atoms with Crippen molar-refractivity contribution in [3.63, 3.8) is 0 Å². The number of nitrogens with zero attached hydrogens (tertiary/aromatic N) is 3. The van der Waals surface area contributed by atoms with Crippen LogP contribution in [0, 0.1) is 0 Å². The minimum Gasteiger partial charge on any atom is -0.497 e. The van der Waals surface area contributed by atoms with E-state index in [0.717, 1.165) is 37.9 Å². The number of nitrogens with one attached hydrogen (secondary N) is 2. The standard InChI is InChI=1S/C23H35N5OS/c1-24-23(26-17-21(27(2)3)22-11-8-14-30-22)25-16-20(28-12-5-6-13-28)18-9-7-10-19(15-18)29-4/h7-11,14-15,20-21H,5-6,12-13,16-17H2,1-4H3,(H2,24,25,26). The van der Waals surface area contributed by atoms with Gasteiger partial charge in [-0.1, -0.05) is 18.2 Å². The van der Waals surface area contributed by atoms with Crippen LogP contribution < -0.4 is 15.4 Å². The summed E-state index contributed by atoms with van der Waals surface area (Å²) in [5.41, 5.74) is 1.28. The SMILES string of the molecule is CN=C(NCC(c1cccs1)N(C)C)NCC(c1cccc(OC)c1)N1CCCC1. The van der Waals surface area contributed by atoms with Gasteiger partial charge in [0, 0.05) is 25.0 Å². The van der Waals surface area contributed by atoms with Gasteiger partial charge in [-0.15, -0.1) is 11.3 Å². The molecule has 2 unspecified atom stereocenters. The predicted octanol–water partition coefficient (Wildman–Crippen LogP) is 3.36. The minimum atomic E-state index is 0.295. The molecule has 2 N–H and O–H groups in total. The second-order valence-corrected chi connectivity index (χ2v) is 8.84. The van der Waals surface area contributed by atoms with Crippen molar-refractivity contribution in [2.24, 2.45) is 4.99 Å². The second kappa shape index (κ2) is 11.3. The summed E-state index contributed by atoms with van der Waals surface area (Å²) in [5, 5.41) is 9.22. The number of methoxy groups -OCH3 is 1. The fourth-order valence-corrected chi connectivity index (χ4v) is 4.91. The second-order valence-electron chi connectivity index (χ2n) is 7.86. The Kier molecular flexibility index (Phi) is 8.54. The normalized spacial score (nSPS) is 17.2. The molecule has 0 aliphatic carbocycles. The number of likely N-dealkylation sites (tertiary alicyclic amines) is 1. The number of guanidine groups is 1. The fraction of sp³-hybridized carbons (Fsp3) is 0.522. The number of ether oxygens (including phenoxy) is 1. The van der Waals surface area contributed by atoms with Crippen LogP contribution in [0.5, 0.6) is 5.75 Å². The monoisotopic (exact) mass is 429 g/mol. The summed E-state index contributed by atoms with van der Waals surface area (Å²) in [6.07, 6.45) is 2.53. The molecule has 1 aliphatic heterocycles. The van der Waals surface area contributed by atoms with E-state index in [9.17, 15) is 0 Å². The van der Waals surface area contributed by atoms with E-state index in [4.69, 9.17) is 4.74 Å². The molecule has 6 nitrogen and oxygen atoms in total. The molecule has 2 atom stereocenters. The van der Waals surface area contributed by atoms with Crippen molar-refractivity contribution in [2.75, 3.05) is 54.4 Å². The molecule has 0 bridgehead atoms. The Balaban J connectivity index is 1.64. The molecular weight excluding hydrogens is 394 g/mol. The van der Waals surface area contributed by atoms with E-state index in [0.29, 0.717) is 12.1 Å². The van der Waals surface area contributed by atoms with Crippen LogP contribution >= 0.6 is 11.3 Å². The lowest BCUT2D eigenvalue weighted by molar-refractivity contribution is 0.244. The van der Waals surface area contributed by atoms with Gasteiger partial charge >= 0.3 is 0 Å². The maximum Gasteiger partial charge on any atom is 0.191 e. The molecule has 0 amide bonds. The van der Waals surface area contributed by atoms with Crippen LogP contribution in [0.3, 0.4) is 0 Å². The molecule has 2 heterocycles. The molecule has 164 valence electrons. The third kappa shape index (κ3) is 5.97. The first-order valence-corrected chi connectivity index (χ1v) is 11.5. The molecule has 0 spiro atoms. The first kappa shape index (κ1) is 22.6. The van der Waals surface area contributed by atoms with Crippen molar-refractivity contribution >= 4 is 17.3 Å². The number of aliphatic imine (C=N–C) groups is 1. The van der Waals surface area contributed by atoms with E-state index < -0.39 is 0 Å². The molecular formula is C23H35N5OS. The number of benzene rings is 1. The van der Waals surface area contributed by atoms with Crippen LogP contribution in [-0.4, -0.2) is 70.2 Å². The molecule has 1 fully saturated rings. The Morgan fingerprint density at radius 2 is 1.93 bits per heavy atom. The lowest BCUT2D eigenvalue weighted by Gasteiger charge is -2.30. The molecule has 3 rings (SSSR count). The van der Waals surface area contributed by atoms with Gasteiger partial charge in [-0.2, -0.15) is 0 Å². The smallest absolute Gasteiger partial charge is 0.191 e. The number of thiophene rings is 1. The Morgan fingerprint density at radius 3 is 2.57 bits per heavy atom. The fourth-order valence-electron chi connectivity index (χ4n) is 3.99. The van der Waals surface area contributed by atoms with Crippen molar-refractivity contribution in [3.05, 3.63) is 52.2 Å². The number of hydrogen-bond acceptors (Lipinski definition) is 5. The highest BCUT2D eigenvalue weighted by Gasteiger charge is 2.24. The van der Waals surface area contributed by atoms with E-state index in [1.165, 1.54) is 23.3 Å². The summed E-state index contributed by atoms with van der Waals surface area (Å²) in [6.45, 7) is 3.88. The van der Waals surface area contributed by atoms with Gasteiger partial charge < -0.3 is 20.3 Å². The summed E-state index contributed by atoms with van der Waals surface area (Å²) in [5.74, 6) is 1.74. The molecule has 0 saturated carbocycles. The zero-order chi connectivity index (χ0) is 21.3. The largest absolute Gasteiger partial charge is 0.497 e. The molecule has 1 aromatic carbocycles. The summed E-state index contributed by atoms with van der Waals surface area (Å²) in [7, 11) is 7.80. The van der Waals surface area contributed by atoms with Gasteiger partial charge in [0.25, 0.3) is 0 Å². The zero-order valence-electron chi connectivity index (χ0n) is 18.6. The molecule has 7 heteroatoms. The molecule has 2 aromatic rings. The van der Waals surface area contributed by atoms with Crippen LogP contribution in [0.2, 0.25) is 0 Å². The highest BCUT2D eigenvalue weighted by atomic mass is 32.1. The van der Waals surface area contributed by atoms with Gasteiger partial charge in [0.05, 0.1) is 19.2 Å². The van der Waals surface area contributed by atoms with E-state index in [1.807, 2.05) is 13.1 Å². The topological polar surface area (TPSA) is 52.1 Å². The van der Waals surface area contributed by atoms with Crippen molar-refractivity contribution in [1.29, 1.82) is 0 Å². The van der Waals surface area contributed by atoms with Crippen LogP contribution in [-0.2, 0) is 0 Å². The van der Waals surface area contributed by atoms with Crippen molar-refractivity contribution < 1.29 is 4.74 Å². The maximum atomic E-state index is 5.46. The van der Waals surface area contributed by atoms with Crippen molar-refractivity contribution in [1.82, 2.24) is 20.4 Å². The van der Waals surface area contributed by atoms with Crippen molar-refractivity contribution in [2.45, 2.75) is 24.9 Å². The van der Waals surface area contributed by atoms with Gasteiger partial charge in [0.2, 0.25) is 0 Å². The Morgan fingerprint density at radius 1 is 1.17 bits per heavy atom. The minimum absolute atomic E-state index is 0.295. The summed E-state index contributed by atoms with van der Waals surface area (Å²) >= 11 is 1.79. The van der Waals surface area contributed by atoms with Crippen LogP contribution in [0.15, 0.2) is 46.8 Å². The van der Waals surface area contributed by atoms with Gasteiger partial charge in [0.15, 0.2) is 5.96 Å². The molecule has 30 heavy (non-hydrogen) atoms. The third-order valence-electron chi connectivity index (χ3n) is 5.70. The van der Waals surface area contributed by atoms with Crippen LogP contribution in [0.1, 0.15) is 35.4 Å². The average molecular weight is 430 g/mol. The summed E-state index contributed by atoms with van der Waals surface area (Å²) in [6, 6.07) is 13.3. The highest BCUT2D eigenvalue weighted by Crippen LogP contribution is 2.27. The van der Waals surface area contributed by atoms with E-state index in [2.05, 4.69) is 75.2 Å². The Bertz CT molecular complexity index is 787. The zero-order valence-corrected chi connectivity index (χ0v) is 19.4. The lowest BCUT2D eigenvalue weighted by atomic mass is 10.1. The van der Waals surface area contributed by atoms with Crippen LogP contribution in [0.25, 0.3) is 0 Å². The average Bonchev–Trinajstić information content (AvgIpc) is 3.47. The molecule has 1 saturated heterocycles. The van der Waals surface area contributed by atoms with Crippen LogP contribution in [0.4, 0.5) is 0 Å². The number of hydrogen-bond donors (Lipinski definition) is 2. The Hall–Kier alpha value is -2.09. The van der Waals surface area contributed by atoms with Gasteiger partial charge in [-0.25, -0.2) is 0 Å². The van der Waals surface area contributed by atoms with Gasteiger partial charge in [-0.05, 0) is 69.2 Å². The quantitative estimate of drug-likeness (QED) is 0.473. The lowest BCUT2D eigenvalue weighted by Crippen LogP contribution is -2.44. The van der Waals surface area contributed by atoms with E-state index in [1.54, 1.807) is 18.4 Å². The molecule has 0 radical (unpaired) electrons. The van der Waals surface area contributed by atoms with Gasteiger partial charge in [-0.3, -0.25) is 9.89 Å². The number of likely N-dealkylation sites (N-methyl/N-ethyl adjacent to an activating group) is 1. The predicted molar refractivity (Wildman–Crippen MR) is 127 cm³/mol. The molecule has 1 aromatic heterocycles. The maximum absolute atomic E-state index is 5.46. The van der Waals surface area contributed by atoms with Crippen molar-refractivity contribution in [3.8, 4) is 5.75 Å². The third-order valence-corrected chi connectivity index (χ3v) is 6.68. The van der Waals surface area contributed by atoms with E-state index in [-0.39, 0.29) is 0 Å².